The molecule has 0 bridgehead atoms. The standard InChI is InChI=1S/C22H23Cl2NO5S/c1-11(2)30-7-6-25-17(21-12(3)5-8-31-21)16(19(27)22(25)28)18(26)13-9-14(23)20(29-4)15(24)10-13/h5,8-11,17,26H,6-7H2,1-4H3/b18-16-. The molecule has 166 valence electrons. The minimum atomic E-state index is -0.761. The molecule has 31 heavy (non-hydrogen) atoms. The lowest BCUT2D eigenvalue weighted by molar-refractivity contribution is -0.140. The third-order valence-corrected chi connectivity index (χ3v) is 6.58. The third kappa shape index (κ3) is 4.60. The van der Waals surface area contributed by atoms with Gasteiger partial charge in [-0.15, -0.1) is 11.3 Å². The lowest BCUT2D eigenvalue weighted by atomic mass is 9.98. The summed E-state index contributed by atoms with van der Waals surface area (Å²) in [5.41, 5.74) is 1.15. The van der Waals surface area contributed by atoms with Crippen LogP contribution in [0.4, 0.5) is 0 Å². The van der Waals surface area contributed by atoms with Crippen LogP contribution < -0.4 is 4.74 Å². The van der Waals surface area contributed by atoms with Gasteiger partial charge in [0.1, 0.15) is 5.76 Å². The van der Waals surface area contributed by atoms with Gasteiger partial charge in [-0.2, -0.15) is 0 Å². The highest BCUT2D eigenvalue weighted by molar-refractivity contribution is 7.10. The zero-order valence-corrected chi connectivity index (χ0v) is 19.9. The molecule has 0 saturated carbocycles. The highest BCUT2D eigenvalue weighted by Crippen LogP contribution is 2.44. The lowest BCUT2D eigenvalue weighted by Crippen LogP contribution is -2.33. The van der Waals surface area contributed by atoms with Crippen LogP contribution in [0.25, 0.3) is 5.76 Å². The van der Waals surface area contributed by atoms with Crippen LogP contribution in [-0.2, 0) is 14.3 Å². The van der Waals surface area contributed by atoms with Gasteiger partial charge >= 0.3 is 0 Å². The van der Waals surface area contributed by atoms with Gasteiger partial charge in [0.25, 0.3) is 11.7 Å². The average molecular weight is 484 g/mol. The molecule has 1 fully saturated rings. The van der Waals surface area contributed by atoms with E-state index in [-0.39, 0.29) is 51.9 Å². The van der Waals surface area contributed by atoms with Gasteiger partial charge in [-0.3, -0.25) is 9.59 Å². The lowest BCUT2D eigenvalue weighted by Gasteiger charge is -2.25. The molecule has 2 aromatic rings. The number of aryl methyl sites for hydroxylation is 1. The molecule has 1 saturated heterocycles. The number of nitrogens with zero attached hydrogens (tertiary/aromatic N) is 1. The fourth-order valence-electron chi connectivity index (χ4n) is 3.48. The molecule has 1 unspecified atom stereocenters. The number of carbonyl (C=O) groups is 2. The SMILES string of the molecule is COc1c(Cl)cc(/C(O)=C2/C(=O)C(=O)N(CCOC(C)C)C2c2sccc2C)cc1Cl. The Morgan fingerprint density at radius 2 is 1.90 bits per heavy atom. The number of hydrogen-bond donors (Lipinski definition) is 1. The van der Waals surface area contributed by atoms with Crippen molar-refractivity contribution in [3.05, 3.63) is 55.2 Å². The minimum Gasteiger partial charge on any atom is -0.507 e. The molecule has 9 heteroatoms. The maximum Gasteiger partial charge on any atom is 0.295 e. The number of aliphatic hydroxyl groups excluding tert-OH is 1. The van der Waals surface area contributed by atoms with Crippen LogP contribution in [-0.4, -0.2) is 48.1 Å². The molecule has 0 radical (unpaired) electrons. The van der Waals surface area contributed by atoms with E-state index in [0.29, 0.717) is 0 Å². The van der Waals surface area contributed by atoms with E-state index in [1.54, 1.807) is 0 Å². The van der Waals surface area contributed by atoms with Gasteiger partial charge in [-0.05, 0) is 49.9 Å². The van der Waals surface area contributed by atoms with Crippen molar-refractivity contribution in [1.29, 1.82) is 0 Å². The van der Waals surface area contributed by atoms with Crippen molar-refractivity contribution in [3.63, 3.8) is 0 Å². The number of benzene rings is 1. The molecule has 1 N–H and O–H groups in total. The molecule has 1 aliphatic heterocycles. The predicted octanol–water partition coefficient (Wildman–Crippen LogP) is 5.22. The molecule has 1 aromatic carbocycles. The van der Waals surface area contributed by atoms with Gasteiger partial charge in [0, 0.05) is 17.0 Å². The van der Waals surface area contributed by atoms with Gasteiger partial charge in [0.2, 0.25) is 0 Å². The van der Waals surface area contributed by atoms with Crippen LogP contribution in [0.3, 0.4) is 0 Å². The van der Waals surface area contributed by atoms with E-state index in [1.165, 1.54) is 35.5 Å². The van der Waals surface area contributed by atoms with Crippen LogP contribution in [0.1, 0.15) is 35.9 Å². The van der Waals surface area contributed by atoms with Crippen molar-refractivity contribution in [2.24, 2.45) is 0 Å². The number of halogens is 2. The van der Waals surface area contributed by atoms with Crippen molar-refractivity contribution in [2.75, 3.05) is 20.3 Å². The third-order valence-electron chi connectivity index (χ3n) is 4.95. The second-order valence-electron chi connectivity index (χ2n) is 7.35. The van der Waals surface area contributed by atoms with E-state index in [1.807, 2.05) is 32.2 Å². The number of amides is 1. The molecular weight excluding hydrogens is 461 g/mol. The summed E-state index contributed by atoms with van der Waals surface area (Å²) in [4.78, 5) is 28.1. The van der Waals surface area contributed by atoms with E-state index in [0.717, 1.165) is 10.4 Å². The summed E-state index contributed by atoms with van der Waals surface area (Å²) in [7, 11) is 1.43. The fourth-order valence-corrected chi connectivity index (χ4v) is 5.17. The van der Waals surface area contributed by atoms with Crippen molar-refractivity contribution >= 4 is 52.0 Å². The van der Waals surface area contributed by atoms with E-state index >= 15 is 0 Å². The number of rotatable bonds is 7. The minimum absolute atomic E-state index is 0.00241. The second-order valence-corrected chi connectivity index (χ2v) is 9.12. The number of carbonyl (C=O) groups excluding carboxylic acids is 2. The Hall–Kier alpha value is -2.06. The average Bonchev–Trinajstić information content (AvgIpc) is 3.22. The van der Waals surface area contributed by atoms with Gasteiger partial charge in [-0.1, -0.05) is 23.2 Å². The number of aliphatic hydroxyl groups is 1. The number of thiophene rings is 1. The number of Topliss-reactive ketones (excluding diaryl/α,β-unsaturated/α-hetero) is 1. The van der Waals surface area contributed by atoms with Crippen LogP contribution in [0.2, 0.25) is 10.0 Å². The normalized spacial score (nSPS) is 18.3. The maximum atomic E-state index is 13.0. The molecule has 1 amide bonds. The molecular formula is C22H23Cl2NO5S. The number of hydrogen-bond acceptors (Lipinski definition) is 6. The van der Waals surface area contributed by atoms with Crippen LogP contribution in [0.5, 0.6) is 5.75 Å². The van der Waals surface area contributed by atoms with E-state index in [4.69, 9.17) is 32.7 Å². The summed E-state index contributed by atoms with van der Waals surface area (Å²) in [6.07, 6.45) is -0.0117. The van der Waals surface area contributed by atoms with E-state index in [9.17, 15) is 14.7 Å². The van der Waals surface area contributed by atoms with Gasteiger partial charge < -0.3 is 19.5 Å². The number of likely N-dealkylation sites (tertiary alicyclic amines) is 1. The van der Waals surface area contributed by atoms with Crippen molar-refractivity contribution < 1.29 is 24.2 Å². The highest BCUT2D eigenvalue weighted by Gasteiger charge is 2.47. The summed E-state index contributed by atoms with van der Waals surface area (Å²) in [6.45, 7) is 6.17. The smallest absolute Gasteiger partial charge is 0.295 e. The Morgan fingerprint density at radius 3 is 2.42 bits per heavy atom. The van der Waals surface area contributed by atoms with E-state index in [2.05, 4.69) is 0 Å². The van der Waals surface area contributed by atoms with E-state index < -0.39 is 17.7 Å². The Bertz CT molecular complexity index is 1020. The summed E-state index contributed by atoms with van der Waals surface area (Å²) in [6, 6.07) is 4.09. The summed E-state index contributed by atoms with van der Waals surface area (Å²) in [5.74, 6) is -1.52. The molecule has 0 aliphatic carbocycles. The monoisotopic (exact) mass is 483 g/mol. The van der Waals surface area contributed by atoms with Crippen molar-refractivity contribution in [3.8, 4) is 5.75 Å². The highest BCUT2D eigenvalue weighted by atomic mass is 35.5. The molecule has 1 aromatic heterocycles. The first-order valence-electron chi connectivity index (χ1n) is 9.64. The van der Waals surface area contributed by atoms with Crippen molar-refractivity contribution in [2.45, 2.75) is 32.9 Å². The summed E-state index contributed by atoms with van der Waals surface area (Å²) < 4.78 is 10.7. The predicted molar refractivity (Wildman–Crippen MR) is 122 cm³/mol. The summed E-state index contributed by atoms with van der Waals surface area (Å²) in [5, 5.41) is 13.4. The molecule has 2 heterocycles. The first-order valence-corrected chi connectivity index (χ1v) is 11.3. The zero-order chi connectivity index (χ0) is 22.9. The first-order chi connectivity index (χ1) is 14.7. The Labute approximate surface area is 195 Å². The quantitative estimate of drug-likeness (QED) is 0.331. The van der Waals surface area contributed by atoms with Crippen LogP contribution in [0.15, 0.2) is 29.2 Å². The first kappa shape index (κ1) is 23.6. The summed E-state index contributed by atoms with van der Waals surface area (Å²) >= 11 is 13.9. The van der Waals surface area contributed by atoms with Gasteiger partial charge in [-0.25, -0.2) is 0 Å². The maximum absolute atomic E-state index is 13.0. The number of ketones is 1. The molecule has 1 atom stereocenters. The topological polar surface area (TPSA) is 76.1 Å². The Morgan fingerprint density at radius 1 is 1.26 bits per heavy atom. The molecule has 3 rings (SSSR count). The van der Waals surface area contributed by atoms with Crippen LogP contribution >= 0.6 is 34.5 Å². The largest absolute Gasteiger partial charge is 0.507 e. The van der Waals surface area contributed by atoms with Crippen molar-refractivity contribution in [1.82, 2.24) is 4.90 Å². The number of methoxy groups -OCH3 is 1. The Balaban J connectivity index is 2.13. The number of ether oxygens (including phenoxy) is 2. The molecule has 0 spiro atoms. The van der Waals surface area contributed by atoms with Gasteiger partial charge in [0.05, 0.1) is 41.5 Å². The van der Waals surface area contributed by atoms with Gasteiger partial charge in [0.15, 0.2) is 5.75 Å². The molecule has 1 aliphatic rings. The fraction of sp³-hybridized carbons (Fsp3) is 0.364. The zero-order valence-electron chi connectivity index (χ0n) is 17.6. The Kier molecular flexibility index (Phi) is 7.31. The second kappa shape index (κ2) is 9.61. The van der Waals surface area contributed by atoms with Crippen LogP contribution in [0, 0.1) is 6.92 Å². The molecule has 6 nitrogen and oxygen atoms in total.